The van der Waals surface area contributed by atoms with E-state index < -0.39 is 0 Å². The van der Waals surface area contributed by atoms with Gasteiger partial charge in [-0.25, -0.2) is 0 Å². The first-order valence-corrected chi connectivity index (χ1v) is 8.53. The molecule has 5 nitrogen and oxygen atoms in total. The maximum absolute atomic E-state index is 12.1. The zero-order chi connectivity index (χ0) is 16.7. The Morgan fingerprint density at radius 1 is 1.22 bits per heavy atom. The average molecular weight is 335 g/mol. The summed E-state index contributed by atoms with van der Waals surface area (Å²) in [4.78, 5) is 12.1. The topological polar surface area (TPSA) is 62.4 Å². The minimum Gasteiger partial charge on any atom is -0.374 e. The molecular formula is C17H25N3O2S. The molecular weight excluding hydrogens is 310 g/mol. The average Bonchev–Trinajstić information content (AvgIpc) is 3.04. The number of carbonyl (C=O) groups is 1. The van der Waals surface area contributed by atoms with Crippen LogP contribution in [0.2, 0.25) is 0 Å². The quantitative estimate of drug-likeness (QED) is 0.570. The number of thiocarbonyl (C=S) groups is 1. The molecule has 3 N–H and O–H groups in total. The normalized spacial score (nSPS) is 14.7. The molecule has 2 rings (SSSR count). The fourth-order valence-corrected chi connectivity index (χ4v) is 2.71. The van der Waals surface area contributed by atoms with Crippen molar-refractivity contribution in [3.63, 3.8) is 0 Å². The zero-order valence-electron chi connectivity index (χ0n) is 13.7. The van der Waals surface area contributed by atoms with Gasteiger partial charge in [0.2, 0.25) is 0 Å². The second-order valence-electron chi connectivity index (χ2n) is 6.09. The van der Waals surface area contributed by atoms with Gasteiger partial charge in [0.05, 0.1) is 12.7 Å². The molecule has 0 spiro atoms. The van der Waals surface area contributed by atoms with E-state index in [9.17, 15) is 4.79 Å². The van der Waals surface area contributed by atoms with Crippen molar-refractivity contribution in [2.75, 3.05) is 0 Å². The van der Waals surface area contributed by atoms with Gasteiger partial charge in [-0.1, -0.05) is 25.0 Å². The lowest BCUT2D eigenvalue weighted by Gasteiger charge is -2.16. The number of amides is 1. The van der Waals surface area contributed by atoms with Gasteiger partial charge in [0.25, 0.3) is 5.91 Å². The van der Waals surface area contributed by atoms with Crippen molar-refractivity contribution in [1.82, 2.24) is 16.2 Å². The highest BCUT2D eigenvalue weighted by Gasteiger charge is 2.15. The molecule has 0 heterocycles. The van der Waals surface area contributed by atoms with Crippen molar-refractivity contribution in [1.29, 1.82) is 0 Å². The maximum atomic E-state index is 12.1. The van der Waals surface area contributed by atoms with Gasteiger partial charge in [-0.2, -0.15) is 0 Å². The molecule has 0 aromatic heterocycles. The Balaban J connectivity index is 1.75. The fourth-order valence-electron chi connectivity index (χ4n) is 2.49. The van der Waals surface area contributed by atoms with Crippen LogP contribution in [0.5, 0.6) is 0 Å². The summed E-state index contributed by atoms with van der Waals surface area (Å²) < 4.78 is 5.53. The van der Waals surface area contributed by atoms with Gasteiger partial charge >= 0.3 is 0 Å². The molecule has 1 aliphatic rings. The first kappa shape index (κ1) is 17.7. The van der Waals surface area contributed by atoms with Crippen molar-refractivity contribution >= 4 is 23.2 Å². The first-order chi connectivity index (χ1) is 11.0. The molecule has 126 valence electrons. The number of nitrogens with one attached hydrogen (secondary N) is 3. The molecule has 0 unspecified atom stereocenters. The fraction of sp³-hybridized carbons (Fsp3) is 0.529. The van der Waals surface area contributed by atoms with E-state index in [-0.39, 0.29) is 12.0 Å². The Labute approximate surface area is 143 Å². The molecule has 6 heteroatoms. The number of benzene rings is 1. The molecule has 0 radical (unpaired) electrons. The van der Waals surface area contributed by atoms with Crippen molar-refractivity contribution in [3.05, 3.63) is 35.4 Å². The maximum Gasteiger partial charge on any atom is 0.269 e. The standard InChI is InChI=1S/C17H25N3O2S/c1-12(2)22-11-13-7-9-14(10-8-13)16(21)19-20-17(23)18-15-5-3-4-6-15/h7-10,12,15H,3-6,11H2,1-2H3,(H,19,21)(H2,18,20,23). The largest absolute Gasteiger partial charge is 0.374 e. The third kappa shape index (κ3) is 6.15. The highest BCUT2D eigenvalue weighted by atomic mass is 32.1. The Kier molecular flexibility index (Phi) is 6.80. The van der Waals surface area contributed by atoms with Crippen LogP contribution in [-0.4, -0.2) is 23.2 Å². The van der Waals surface area contributed by atoms with E-state index in [0.29, 0.717) is 23.3 Å². The minimum atomic E-state index is -0.211. The van der Waals surface area contributed by atoms with E-state index >= 15 is 0 Å². The molecule has 1 fully saturated rings. The summed E-state index contributed by atoms with van der Waals surface area (Å²) in [5.41, 5.74) is 7.00. The van der Waals surface area contributed by atoms with Gasteiger partial charge in [0, 0.05) is 11.6 Å². The zero-order valence-corrected chi connectivity index (χ0v) is 14.5. The van der Waals surface area contributed by atoms with Crippen LogP contribution in [0, 0.1) is 0 Å². The molecule has 0 aliphatic heterocycles. The van der Waals surface area contributed by atoms with Crippen molar-refractivity contribution < 1.29 is 9.53 Å². The number of rotatable bonds is 5. The van der Waals surface area contributed by atoms with Crippen LogP contribution >= 0.6 is 12.2 Å². The van der Waals surface area contributed by atoms with Gasteiger partial charge in [0.1, 0.15) is 0 Å². The van der Waals surface area contributed by atoms with Crippen LogP contribution in [-0.2, 0) is 11.3 Å². The summed E-state index contributed by atoms with van der Waals surface area (Å²) in [6.45, 7) is 4.54. The van der Waals surface area contributed by atoms with Gasteiger partial charge in [0.15, 0.2) is 5.11 Å². The molecule has 23 heavy (non-hydrogen) atoms. The van der Waals surface area contributed by atoms with E-state index in [0.717, 1.165) is 18.4 Å². The third-order valence-corrected chi connectivity index (χ3v) is 4.00. The molecule has 1 saturated carbocycles. The summed E-state index contributed by atoms with van der Waals surface area (Å²) in [7, 11) is 0. The number of hydrogen-bond donors (Lipinski definition) is 3. The van der Waals surface area contributed by atoms with Crippen molar-refractivity contribution in [2.24, 2.45) is 0 Å². The Morgan fingerprint density at radius 2 is 1.87 bits per heavy atom. The van der Waals surface area contributed by atoms with Crippen LogP contribution in [0.4, 0.5) is 0 Å². The van der Waals surface area contributed by atoms with Crippen LogP contribution < -0.4 is 16.2 Å². The molecule has 0 bridgehead atoms. The molecule has 1 aromatic rings. The predicted molar refractivity (Wildman–Crippen MR) is 95.0 cm³/mol. The van der Waals surface area contributed by atoms with Crippen LogP contribution in [0.1, 0.15) is 55.5 Å². The number of ether oxygens (including phenoxy) is 1. The van der Waals surface area contributed by atoms with Gasteiger partial charge < -0.3 is 10.1 Å². The van der Waals surface area contributed by atoms with Crippen LogP contribution in [0.25, 0.3) is 0 Å². The van der Waals surface area contributed by atoms with Gasteiger partial charge in [-0.3, -0.25) is 15.6 Å². The summed E-state index contributed by atoms with van der Waals surface area (Å²) >= 11 is 5.19. The number of hydrogen-bond acceptors (Lipinski definition) is 3. The number of carbonyl (C=O) groups excluding carboxylic acids is 1. The lowest BCUT2D eigenvalue weighted by atomic mass is 10.1. The lowest BCUT2D eigenvalue weighted by Crippen LogP contribution is -2.49. The van der Waals surface area contributed by atoms with Crippen LogP contribution in [0.15, 0.2) is 24.3 Å². The highest BCUT2D eigenvalue weighted by molar-refractivity contribution is 7.80. The first-order valence-electron chi connectivity index (χ1n) is 8.12. The lowest BCUT2D eigenvalue weighted by molar-refractivity contribution is 0.0656. The third-order valence-electron chi connectivity index (χ3n) is 3.78. The van der Waals surface area contributed by atoms with E-state index in [2.05, 4.69) is 16.2 Å². The Hall–Kier alpha value is -1.66. The minimum absolute atomic E-state index is 0.190. The Bertz CT molecular complexity index is 525. The summed E-state index contributed by atoms with van der Waals surface area (Å²) in [5, 5.41) is 3.68. The monoisotopic (exact) mass is 335 g/mol. The predicted octanol–water partition coefficient (Wildman–Crippen LogP) is 2.66. The van der Waals surface area contributed by atoms with Crippen molar-refractivity contribution in [2.45, 2.75) is 58.3 Å². The van der Waals surface area contributed by atoms with E-state index in [1.807, 2.05) is 26.0 Å². The van der Waals surface area contributed by atoms with E-state index in [1.54, 1.807) is 12.1 Å². The smallest absolute Gasteiger partial charge is 0.269 e. The van der Waals surface area contributed by atoms with Crippen LogP contribution in [0.3, 0.4) is 0 Å². The van der Waals surface area contributed by atoms with Gasteiger partial charge in [-0.15, -0.1) is 0 Å². The Morgan fingerprint density at radius 3 is 2.48 bits per heavy atom. The second kappa shape index (κ2) is 8.84. The van der Waals surface area contributed by atoms with E-state index in [1.165, 1.54) is 12.8 Å². The number of hydrazine groups is 1. The molecule has 1 aliphatic carbocycles. The molecule has 0 saturated heterocycles. The summed E-state index contributed by atoms with van der Waals surface area (Å²) in [6.07, 6.45) is 4.93. The van der Waals surface area contributed by atoms with Gasteiger partial charge in [-0.05, 0) is 56.6 Å². The SMILES string of the molecule is CC(C)OCc1ccc(C(=O)NNC(=S)NC2CCCC2)cc1. The summed E-state index contributed by atoms with van der Waals surface area (Å²) in [6, 6.07) is 7.78. The second-order valence-corrected chi connectivity index (χ2v) is 6.50. The van der Waals surface area contributed by atoms with E-state index in [4.69, 9.17) is 17.0 Å². The molecule has 1 aromatic carbocycles. The highest BCUT2D eigenvalue weighted by Crippen LogP contribution is 2.17. The molecule has 1 amide bonds. The van der Waals surface area contributed by atoms with Crippen molar-refractivity contribution in [3.8, 4) is 0 Å². The molecule has 0 atom stereocenters. The summed E-state index contributed by atoms with van der Waals surface area (Å²) in [5.74, 6) is -0.211.